The molecular weight excluding hydrogens is 608 g/mol. The molecule has 0 aromatic heterocycles. The summed E-state index contributed by atoms with van der Waals surface area (Å²) in [4.78, 5) is 10.5. The molecule has 16 heteroatoms. The lowest BCUT2D eigenvalue weighted by molar-refractivity contribution is -0.384. The van der Waals surface area contributed by atoms with E-state index in [4.69, 9.17) is 5.73 Å². The molecule has 0 aliphatic rings. The molecule has 236 valence electrons. The molecule has 0 aliphatic heterocycles. The molecule has 4 rings (SSSR count). The zero-order chi connectivity index (χ0) is 33.1. The van der Waals surface area contributed by atoms with Crippen molar-refractivity contribution in [1.29, 1.82) is 0 Å². The third kappa shape index (κ3) is 8.13. The van der Waals surface area contributed by atoms with E-state index in [-0.39, 0.29) is 21.2 Å². The average Bonchev–Trinajstić information content (AvgIpc) is 3.05. The van der Waals surface area contributed by atoms with Gasteiger partial charge in [-0.25, -0.2) is 16.8 Å². The van der Waals surface area contributed by atoms with Crippen LogP contribution in [0.4, 0.5) is 34.1 Å². The normalized spacial score (nSPS) is 10.7. The first-order valence-corrected chi connectivity index (χ1v) is 15.7. The highest BCUT2D eigenvalue weighted by Gasteiger charge is 2.25. The van der Waals surface area contributed by atoms with E-state index in [1.807, 2.05) is 6.07 Å². The maximum atomic E-state index is 12.6. The Labute approximate surface area is 257 Å². The van der Waals surface area contributed by atoms with Gasteiger partial charge in [-0.15, -0.1) is 0 Å². The molecule has 0 saturated carbocycles. The van der Waals surface area contributed by atoms with Gasteiger partial charge in [-0.1, -0.05) is 36.4 Å². The molecule has 4 aromatic rings. The number of sulfonamides is 2. The lowest BCUT2D eigenvalue weighted by Crippen LogP contribution is -2.26. The van der Waals surface area contributed by atoms with Crippen LogP contribution in [0.2, 0.25) is 0 Å². The Hall–Kier alpha value is -4.90. The van der Waals surface area contributed by atoms with Crippen molar-refractivity contribution in [1.82, 2.24) is 0 Å². The van der Waals surface area contributed by atoms with Crippen LogP contribution in [0.5, 0.6) is 0 Å². The number of hydrazine groups is 1. The number of nitrogens with zero attached hydrogens (tertiary/aromatic N) is 3. The zero-order valence-electron chi connectivity index (χ0n) is 24.6. The van der Waals surface area contributed by atoms with Crippen molar-refractivity contribution >= 4 is 54.2 Å². The van der Waals surface area contributed by atoms with E-state index in [2.05, 4.69) is 22.3 Å². The van der Waals surface area contributed by atoms with Crippen LogP contribution in [0, 0.1) is 10.1 Å². The van der Waals surface area contributed by atoms with Crippen LogP contribution in [0.25, 0.3) is 0 Å². The molecule has 0 fully saturated rings. The summed E-state index contributed by atoms with van der Waals surface area (Å²) in [6.45, 7) is 0. The van der Waals surface area contributed by atoms with E-state index in [9.17, 15) is 26.9 Å². The van der Waals surface area contributed by atoms with Crippen molar-refractivity contribution in [3.05, 3.63) is 107 Å². The molecule has 8 N–H and O–H groups in total. The Balaban J connectivity index is 0.000000292. The monoisotopic (exact) mass is 644 g/mol. The van der Waals surface area contributed by atoms with Crippen LogP contribution in [-0.2, 0) is 20.0 Å². The van der Waals surface area contributed by atoms with Gasteiger partial charge in [-0.3, -0.25) is 30.4 Å². The number of benzene rings is 4. The van der Waals surface area contributed by atoms with Crippen LogP contribution in [0.1, 0.15) is 0 Å². The molecule has 44 heavy (non-hydrogen) atoms. The molecule has 0 unspecified atom stereocenters. The molecule has 0 aliphatic carbocycles. The van der Waals surface area contributed by atoms with E-state index >= 15 is 0 Å². The number of rotatable bonds is 9. The van der Waals surface area contributed by atoms with Gasteiger partial charge in [-0.05, 0) is 54.6 Å². The minimum atomic E-state index is -3.87. The van der Waals surface area contributed by atoms with Gasteiger partial charge in [0.15, 0.2) is 0 Å². The molecule has 0 heterocycles. The summed E-state index contributed by atoms with van der Waals surface area (Å²) in [7, 11) is -1.29. The smallest absolute Gasteiger partial charge is 0.293 e. The lowest BCUT2D eigenvalue weighted by atomic mass is 10.3. The summed E-state index contributed by atoms with van der Waals surface area (Å²) in [6, 6.07) is 25.8. The van der Waals surface area contributed by atoms with Crippen LogP contribution in [-0.4, -0.2) is 49.9 Å². The third-order valence-electron chi connectivity index (χ3n) is 6.28. The molecule has 14 nitrogen and oxygen atoms in total. The second kappa shape index (κ2) is 15.5. The number of nitrogens with one attached hydrogen (secondary N) is 2. The van der Waals surface area contributed by atoms with Crippen molar-refractivity contribution in [2.24, 2.45) is 11.7 Å². The van der Waals surface area contributed by atoms with Crippen LogP contribution >= 0.6 is 0 Å². The van der Waals surface area contributed by atoms with Gasteiger partial charge in [0.1, 0.15) is 5.69 Å². The third-order valence-corrected chi connectivity index (χ3v) is 9.85. The molecule has 0 atom stereocenters. The molecule has 0 bridgehead atoms. The molecule has 0 radical (unpaired) electrons. The predicted molar refractivity (Wildman–Crippen MR) is 175 cm³/mol. The van der Waals surface area contributed by atoms with Gasteiger partial charge < -0.3 is 16.4 Å². The topological polar surface area (TPSA) is 220 Å². The number of hydrogen-bond acceptors (Lipinski definition) is 11. The summed E-state index contributed by atoms with van der Waals surface area (Å²) >= 11 is 0. The molecule has 0 saturated heterocycles. The Bertz CT molecular complexity index is 1760. The lowest BCUT2D eigenvalue weighted by Gasteiger charge is -2.20. The Kier molecular flexibility index (Phi) is 12.5. The van der Waals surface area contributed by atoms with Crippen molar-refractivity contribution in [3.63, 3.8) is 0 Å². The summed E-state index contributed by atoms with van der Waals surface area (Å²) in [5.74, 6) is 8.00. The van der Waals surface area contributed by atoms with Gasteiger partial charge in [0.25, 0.3) is 25.7 Å². The van der Waals surface area contributed by atoms with Crippen LogP contribution in [0.15, 0.2) is 107 Å². The second-order valence-corrected chi connectivity index (χ2v) is 12.7. The first-order chi connectivity index (χ1) is 20.8. The van der Waals surface area contributed by atoms with Gasteiger partial charge in [0.05, 0.1) is 37.5 Å². The highest BCUT2D eigenvalue weighted by molar-refractivity contribution is 7.93. The van der Waals surface area contributed by atoms with E-state index < -0.39 is 25.0 Å². The van der Waals surface area contributed by atoms with Crippen LogP contribution < -0.4 is 36.7 Å². The van der Waals surface area contributed by atoms with E-state index in [0.717, 1.165) is 10.4 Å². The van der Waals surface area contributed by atoms with E-state index in [1.54, 1.807) is 67.7 Å². The Morgan fingerprint density at radius 3 is 1.41 bits per heavy atom. The maximum Gasteiger partial charge on any atom is 0.293 e. The number of nitro benzene ring substituents is 1. The van der Waals surface area contributed by atoms with Crippen molar-refractivity contribution in [2.75, 3.05) is 53.2 Å². The van der Waals surface area contributed by atoms with Gasteiger partial charge >= 0.3 is 0 Å². The summed E-state index contributed by atoms with van der Waals surface area (Å²) in [6.07, 6.45) is 0. The highest BCUT2D eigenvalue weighted by atomic mass is 32.2. The quantitative estimate of drug-likeness (QED) is 0.0769. The number of anilines is 5. The molecule has 0 spiro atoms. The number of para-hydroxylation sites is 2. The fraction of sp³-hybridized carbons (Fsp3) is 0.143. The van der Waals surface area contributed by atoms with Crippen molar-refractivity contribution < 1.29 is 21.8 Å². The summed E-state index contributed by atoms with van der Waals surface area (Å²) in [5, 5.41) is 16.6. The first-order valence-electron chi connectivity index (χ1n) is 12.8. The standard InChI is InChI=1S/C14H15N3O4S.C14H17N3O2S.H4N2/c1-15-13-9-8-12(10-14(13)17(18)19)22(20,21)16(2)11-6-4-3-5-7-11;1-16-14-9-8-12(10-13(14)15)20(18,19)17(2)11-6-4-3-5-7-11;1-2/h3-10,15H,1-2H3;3-10,16H,15H2,1-2H3;1-2H2. The number of nitrogen functional groups attached to an aromatic ring is 1. The Morgan fingerprint density at radius 1 is 0.659 bits per heavy atom. The molecule has 4 aromatic carbocycles. The predicted octanol–water partition coefficient (Wildman–Crippen LogP) is 3.42. The largest absolute Gasteiger partial charge is 0.397 e. The highest BCUT2D eigenvalue weighted by Crippen LogP contribution is 2.30. The number of hydrogen-bond donors (Lipinski definition) is 5. The minimum Gasteiger partial charge on any atom is -0.397 e. The van der Waals surface area contributed by atoms with Gasteiger partial charge in [-0.2, -0.15) is 0 Å². The Morgan fingerprint density at radius 2 is 1.05 bits per heavy atom. The van der Waals surface area contributed by atoms with Crippen molar-refractivity contribution in [2.45, 2.75) is 9.79 Å². The van der Waals surface area contributed by atoms with E-state index in [0.29, 0.717) is 22.7 Å². The summed E-state index contributed by atoms with van der Waals surface area (Å²) < 4.78 is 52.6. The average molecular weight is 645 g/mol. The minimum absolute atomic E-state index is 0.135. The maximum absolute atomic E-state index is 12.6. The zero-order valence-corrected chi connectivity index (χ0v) is 26.2. The molecular formula is C28H36N8O6S2. The number of nitrogens with two attached hydrogens (primary N) is 3. The fourth-order valence-electron chi connectivity index (χ4n) is 3.83. The summed E-state index contributed by atoms with van der Waals surface area (Å²) in [5.41, 5.74) is 7.96. The van der Waals surface area contributed by atoms with Gasteiger partial charge in [0, 0.05) is 34.3 Å². The fourth-order valence-corrected chi connectivity index (χ4v) is 6.28. The van der Waals surface area contributed by atoms with Gasteiger partial charge in [0.2, 0.25) is 0 Å². The van der Waals surface area contributed by atoms with Crippen molar-refractivity contribution in [3.8, 4) is 0 Å². The SMILES string of the molecule is CNc1ccc(S(=O)(=O)N(C)c2ccccc2)cc1N.CNc1ccc(S(=O)(=O)N(C)c2ccccc2)cc1[N+](=O)[O-].NN. The second-order valence-electron chi connectivity index (χ2n) is 8.80. The number of nitro groups is 1. The van der Waals surface area contributed by atoms with E-state index in [1.165, 1.54) is 49.7 Å². The van der Waals surface area contributed by atoms with Crippen LogP contribution in [0.3, 0.4) is 0 Å². The molecule has 0 amide bonds. The first kappa shape index (κ1) is 35.3.